The van der Waals surface area contributed by atoms with Crippen LogP contribution in [0.4, 0.5) is 4.79 Å². The highest BCUT2D eigenvalue weighted by Gasteiger charge is 2.48. The van der Waals surface area contributed by atoms with Gasteiger partial charge in [0, 0.05) is 0 Å². The molecule has 2 aliphatic rings. The van der Waals surface area contributed by atoms with Crippen molar-refractivity contribution in [2.75, 3.05) is 18.1 Å². The molecule has 3 rings (SSSR count). The minimum Gasteiger partial charge on any atom is -0.348 e. The molecule has 9 heteroatoms. The molecule has 2 N–H and O–H groups in total. The van der Waals surface area contributed by atoms with Gasteiger partial charge in [0.25, 0.3) is 5.91 Å². The smallest absolute Gasteiger partial charge is 0.325 e. The molecule has 4 amide bonds. The van der Waals surface area contributed by atoms with Crippen molar-refractivity contribution in [1.82, 2.24) is 15.5 Å². The van der Waals surface area contributed by atoms with Crippen LogP contribution in [0.15, 0.2) is 30.3 Å². The van der Waals surface area contributed by atoms with Crippen LogP contribution in [0.1, 0.15) is 32.3 Å². The van der Waals surface area contributed by atoms with E-state index in [0.717, 1.165) is 10.5 Å². The summed E-state index contributed by atoms with van der Waals surface area (Å²) in [6, 6.07) is 9.02. The van der Waals surface area contributed by atoms with Crippen molar-refractivity contribution in [2.24, 2.45) is 0 Å². The van der Waals surface area contributed by atoms with E-state index in [4.69, 9.17) is 0 Å². The zero-order valence-corrected chi connectivity index (χ0v) is 16.8. The van der Waals surface area contributed by atoms with Gasteiger partial charge in [-0.05, 0) is 38.7 Å². The number of nitrogens with one attached hydrogen (secondary N) is 2. The monoisotopic (exact) mass is 407 g/mol. The van der Waals surface area contributed by atoms with Crippen LogP contribution in [-0.4, -0.2) is 60.3 Å². The SMILES string of the molecule is C[C@]1(NC(=O)CN2C(=O)N[C@@](C)(CCc3ccccc3)C2=O)CCS(=O)(=O)C1. The lowest BCUT2D eigenvalue weighted by atomic mass is 9.93. The molecule has 0 aliphatic carbocycles. The Morgan fingerprint density at radius 3 is 2.50 bits per heavy atom. The maximum atomic E-state index is 12.8. The summed E-state index contributed by atoms with van der Waals surface area (Å²) in [6.07, 6.45) is 1.34. The number of amides is 4. The maximum Gasteiger partial charge on any atom is 0.325 e. The first-order chi connectivity index (χ1) is 13.0. The molecule has 2 aliphatic heterocycles. The van der Waals surface area contributed by atoms with Crippen LogP contribution in [0.2, 0.25) is 0 Å². The lowest BCUT2D eigenvalue weighted by Gasteiger charge is -2.25. The van der Waals surface area contributed by atoms with E-state index in [9.17, 15) is 22.8 Å². The Hall–Kier alpha value is -2.42. The highest BCUT2D eigenvalue weighted by Crippen LogP contribution is 2.25. The van der Waals surface area contributed by atoms with Crippen LogP contribution >= 0.6 is 0 Å². The van der Waals surface area contributed by atoms with Gasteiger partial charge in [0.05, 0.1) is 17.0 Å². The third-order valence-corrected chi connectivity index (χ3v) is 7.25. The van der Waals surface area contributed by atoms with Crippen molar-refractivity contribution in [2.45, 2.75) is 44.2 Å². The average Bonchev–Trinajstić information content (AvgIpc) is 3.01. The topological polar surface area (TPSA) is 113 Å². The standard InChI is InChI=1S/C19H25N3O5S/c1-18(10-11-28(26,27)13-18)20-15(23)12-22-16(24)19(2,21-17(22)25)9-8-14-6-4-3-5-7-14/h3-7H,8-13H2,1-2H3,(H,20,23)(H,21,25)/t18-,19-/m0/s1. The van der Waals surface area contributed by atoms with Gasteiger partial charge in [0.15, 0.2) is 9.84 Å². The Kier molecular flexibility index (Phi) is 5.22. The van der Waals surface area contributed by atoms with Crippen LogP contribution in [0, 0.1) is 0 Å². The van der Waals surface area contributed by atoms with E-state index in [1.807, 2.05) is 30.3 Å². The number of carbonyl (C=O) groups is 3. The predicted octanol–water partition coefficient (Wildman–Crippen LogP) is 0.623. The molecule has 8 nitrogen and oxygen atoms in total. The second kappa shape index (κ2) is 7.20. The molecule has 152 valence electrons. The number of carbonyl (C=O) groups excluding carboxylic acids is 3. The summed E-state index contributed by atoms with van der Waals surface area (Å²) >= 11 is 0. The molecule has 2 atom stereocenters. The third kappa shape index (κ3) is 4.35. The lowest BCUT2D eigenvalue weighted by molar-refractivity contribution is -0.135. The molecule has 0 bridgehead atoms. The van der Waals surface area contributed by atoms with Crippen LogP contribution in [0.25, 0.3) is 0 Å². The maximum absolute atomic E-state index is 12.8. The minimum atomic E-state index is -3.18. The normalized spacial score (nSPS) is 29.0. The molecule has 0 spiro atoms. The first-order valence-electron chi connectivity index (χ1n) is 9.21. The highest BCUT2D eigenvalue weighted by molar-refractivity contribution is 7.91. The number of benzene rings is 1. The highest BCUT2D eigenvalue weighted by atomic mass is 32.2. The van der Waals surface area contributed by atoms with E-state index in [-0.39, 0.29) is 11.5 Å². The fourth-order valence-corrected chi connectivity index (χ4v) is 5.82. The summed E-state index contributed by atoms with van der Waals surface area (Å²) in [5.74, 6) is -1.12. The molecule has 0 saturated carbocycles. The van der Waals surface area contributed by atoms with Gasteiger partial charge >= 0.3 is 6.03 Å². The molecular weight excluding hydrogens is 382 g/mol. The Bertz CT molecular complexity index is 901. The van der Waals surface area contributed by atoms with E-state index < -0.39 is 45.3 Å². The second-order valence-electron chi connectivity index (χ2n) is 8.09. The van der Waals surface area contributed by atoms with Crippen molar-refractivity contribution in [1.29, 1.82) is 0 Å². The number of urea groups is 1. The van der Waals surface area contributed by atoms with Gasteiger partial charge < -0.3 is 10.6 Å². The Labute approximate surface area is 164 Å². The number of rotatable bonds is 6. The first-order valence-corrected chi connectivity index (χ1v) is 11.0. The van der Waals surface area contributed by atoms with Gasteiger partial charge in [-0.3, -0.25) is 14.5 Å². The average molecular weight is 407 g/mol. The second-order valence-corrected chi connectivity index (χ2v) is 10.3. The van der Waals surface area contributed by atoms with Crippen molar-refractivity contribution >= 4 is 27.7 Å². The molecular formula is C19H25N3O5S. The molecule has 2 fully saturated rings. The summed E-state index contributed by atoms with van der Waals surface area (Å²) in [5.41, 5.74) is -0.892. The van der Waals surface area contributed by atoms with E-state index >= 15 is 0 Å². The van der Waals surface area contributed by atoms with Crippen LogP contribution < -0.4 is 10.6 Å². The van der Waals surface area contributed by atoms with E-state index in [2.05, 4.69) is 10.6 Å². The first kappa shape index (κ1) is 20.3. The van der Waals surface area contributed by atoms with Gasteiger partial charge in [-0.15, -0.1) is 0 Å². The van der Waals surface area contributed by atoms with Gasteiger partial charge in [-0.25, -0.2) is 13.2 Å². The molecule has 1 aromatic carbocycles. The molecule has 0 aromatic heterocycles. The van der Waals surface area contributed by atoms with Crippen molar-refractivity contribution in [3.63, 3.8) is 0 Å². The van der Waals surface area contributed by atoms with Crippen molar-refractivity contribution in [3.05, 3.63) is 35.9 Å². The summed E-state index contributed by atoms with van der Waals surface area (Å²) in [6.45, 7) is 2.88. The van der Waals surface area contributed by atoms with E-state index in [1.54, 1.807) is 13.8 Å². The summed E-state index contributed by atoms with van der Waals surface area (Å²) < 4.78 is 23.3. The number of sulfone groups is 1. The van der Waals surface area contributed by atoms with Gasteiger partial charge in [-0.2, -0.15) is 0 Å². The van der Waals surface area contributed by atoms with Gasteiger partial charge in [-0.1, -0.05) is 30.3 Å². The van der Waals surface area contributed by atoms with Crippen molar-refractivity contribution in [3.8, 4) is 0 Å². The molecule has 1 aromatic rings. The van der Waals surface area contributed by atoms with E-state index in [1.165, 1.54) is 0 Å². The molecule has 2 heterocycles. The van der Waals surface area contributed by atoms with Crippen LogP contribution in [0.5, 0.6) is 0 Å². The summed E-state index contributed by atoms with van der Waals surface area (Å²) in [5, 5.41) is 5.36. The van der Waals surface area contributed by atoms with Crippen molar-refractivity contribution < 1.29 is 22.8 Å². The molecule has 0 radical (unpaired) electrons. The molecule has 0 unspecified atom stereocenters. The fraction of sp³-hybridized carbons (Fsp3) is 0.526. The zero-order valence-electron chi connectivity index (χ0n) is 16.0. The Balaban J connectivity index is 1.61. The molecule has 28 heavy (non-hydrogen) atoms. The lowest BCUT2D eigenvalue weighted by Crippen LogP contribution is -2.51. The number of aryl methyl sites for hydroxylation is 1. The summed E-state index contributed by atoms with van der Waals surface area (Å²) in [7, 11) is -3.18. The fourth-order valence-electron chi connectivity index (χ4n) is 3.73. The number of nitrogens with zero attached hydrogens (tertiary/aromatic N) is 1. The molecule has 2 saturated heterocycles. The minimum absolute atomic E-state index is 0.0183. The van der Waals surface area contributed by atoms with Crippen LogP contribution in [0.3, 0.4) is 0 Å². The number of imide groups is 1. The Morgan fingerprint density at radius 2 is 1.89 bits per heavy atom. The predicted molar refractivity (Wildman–Crippen MR) is 103 cm³/mol. The quantitative estimate of drug-likeness (QED) is 0.672. The number of hydrogen-bond acceptors (Lipinski definition) is 5. The largest absolute Gasteiger partial charge is 0.348 e. The van der Waals surface area contributed by atoms with E-state index in [0.29, 0.717) is 19.3 Å². The van der Waals surface area contributed by atoms with Crippen LogP contribution in [-0.2, 0) is 25.8 Å². The van der Waals surface area contributed by atoms with Gasteiger partial charge in [0.2, 0.25) is 5.91 Å². The zero-order chi connectivity index (χ0) is 20.6. The van der Waals surface area contributed by atoms with Gasteiger partial charge in [0.1, 0.15) is 12.1 Å². The number of hydrogen-bond donors (Lipinski definition) is 2. The Morgan fingerprint density at radius 1 is 1.21 bits per heavy atom. The summed E-state index contributed by atoms with van der Waals surface area (Å²) in [4.78, 5) is 38.3. The third-order valence-electron chi connectivity index (χ3n) is 5.35.